The minimum absolute atomic E-state index is 0. The Balaban J connectivity index is 0.00000264. The number of phenols is 1. The number of rotatable bonds is 4. The number of aromatic hydroxyl groups is 1. The monoisotopic (exact) mass is 452 g/mol. The minimum atomic E-state index is -4.48. The van der Waals surface area contributed by atoms with E-state index in [-0.39, 0.29) is 36.1 Å². The van der Waals surface area contributed by atoms with Crippen LogP contribution in [0.1, 0.15) is 36.9 Å². The highest BCUT2D eigenvalue weighted by atomic mass is 79.9. The van der Waals surface area contributed by atoms with Crippen LogP contribution < -0.4 is 5.32 Å². The van der Waals surface area contributed by atoms with Crippen molar-refractivity contribution in [3.8, 4) is 5.75 Å². The molecule has 2 rings (SSSR count). The summed E-state index contributed by atoms with van der Waals surface area (Å²) in [6.07, 6.45) is -3.15. The molecule has 1 fully saturated rings. The second kappa shape index (κ2) is 10.1. The van der Waals surface area contributed by atoms with Crippen LogP contribution in [0.25, 0.3) is 0 Å². The molecule has 1 aromatic carbocycles. The van der Waals surface area contributed by atoms with Crippen molar-refractivity contribution in [3.63, 3.8) is 0 Å². The highest BCUT2D eigenvalue weighted by Crippen LogP contribution is 2.45. The predicted molar refractivity (Wildman–Crippen MR) is 97.4 cm³/mol. The maximum Gasteiger partial charge on any atom is 0.416 e. The zero-order valence-corrected chi connectivity index (χ0v) is 16.4. The van der Waals surface area contributed by atoms with Crippen LogP contribution in [0.4, 0.5) is 13.2 Å². The summed E-state index contributed by atoms with van der Waals surface area (Å²) in [6.45, 7) is 4.78. The number of phenolic OH excluding ortho intramolecular Hbond substituents is 1. The second-order valence-electron chi connectivity index (χ2n) is 5.45. The van der Waals surface area contributed by atoms with Crippen LogP contribution in [-0.4, -0.2) is 36.2 Å². The summed E-state index contributed by atoms with van der Waals surface area (Å²) < 4.78 is 40.4. The molecule has 1 aliphatic rings. The molecule has 140 valence electrons. The first-order valence-electron chi connectivity index (χ1n) is 7.39. The molecule has 0 aliphatic carbocycles. The van der Waals surface area contributed by atoms with Gasteiger partial charge in [-0.05, 0) is 34.5 Å². The molecule has 0 aromatic heterocycles. The molecule has 0 unspecified atom stereocenters. The third-order valence-electron chi connectivity index (χ3n) is 3.96. The molecule has 1 atom stereocenters. The molecule has 24 heavy (non-hydrogen) atoms. The summed E-state index contributed by atoms with van der Waals surface area (Å²) in [6, 6.07) is 1.87. The second-order valence-corrected chi connectivity index (χ2v) is 6.30. The summed E-state index contributed by atoms with van der Waals surface area (Å²) in [4.78, 5) is 2.02. The first kappa shape index (κ1) is 23.8. The van der Waals surface area contributed by atoms with Crippen molar-refractivity contribution in [2.75, 3.05) is 26.2 Å². The lowest BCUT2D eigenvalue weighted by atomic mass is 9.93. The zero-order valence-electron chi connectivity index (χ0n) is 13.2. The number of hydrogen-bond donors (Lipinski definition) is 2. The number of nitrogens with one attached hydrogen (secondary N) is 1. The van der Waals surface area contributed by atoms with Gasteiger partial charge in [0.05, 0.1) is 10.0 Å². The summed E-state index contributed by atoms with van der Waals surface area (Å²) in [5, 5.41) is 13.5. The Morgan fingerprint density at radius 3 is 2.33 bits per heavy atom. The van der Waals surface area contributed by atoms with Crippen LogP contribution in [0.2, 0.25) is 0 Å². The van der Waals surface area contributed by atoms with Gasteiger partial charge in [0.1, 0.15) is 5.75 Å². The molecule has 3 nitrogen and oxygen atoms in total. The Morgan fingerprint density at radius 2 is 1.83 bits per heavy atom. The van der Waals surface area contributed by atoms with Gasteiger partial charge < -0.3 is 10.4 Å². The molecule has 0 saturated carbocycles. The van der Waals surface area contributed by atoms with Gasteiger partial charge in [-0.3, -0.25) is 4.90 Å². The molecule has 1 aromatic rings. The summed E-state index contributed by atoms with van der Waals surface area (Å²) in [5.74, 6) is -0.299. The minimum Gasteiger partial charge on any atom is -0.506 e. The number of nitrogens with zero attached hydrogens (tertiary/aromatic N) is 1. The van der Waals surface area contributed by atoms with Crippen molar-refractivity contribution in [2.24, 2.45) is 0 Å². The van der Waals surface area contributed by atoms with E-state index in [2.05, 4.69) is 21.2 Å². The van der Waals surface area contributed by atoms with E-state index in [0.29, 0.717) is 24.0 Å². The molecule has 1 saturated heterocycles. The molecular formula is C15H22BrCl2F3N2O. The summed E-state index contributed by atoms with van der Waals surface area (Å²) >= 11 is 3.14. The SMILES string of the molecule is CCC[C@@H](c1c(C(F)(F)F)ccc(Br)c1O)N1CCNCC1.Cl.Cl. The topological polar surface area (TPSA) is 35.5 Å². The van der Waals surface area contributed by atoms with Crippen molar-refractivity contribution in [1.82, 2.24) is 10.2 Å². The van der Waals surface area contributed by atoms with Crippen LogP contribution in [0, 0.1) is 0 Å². The van der Waals surface area contributed by atoms with Gasteiger partial charge in [0.15, 0.2) is 0 Å². The Kier molecular flexibility index (Phi) is 9.98. The van der Waals surface area contributed by atoms with Gasteiger partial charge in [0.2, 0.25) is 0 Å². The van der Waals surface area contributed by atoms with Gasteiger partial charge in [0.25, 0.3) is 0 Å². The normalized spacial score (nSPS) is 16.9. The van der Waals surface area contributed by atoms with Crippen LogP contribution in [0.3, 0.4) is 0 Å². The van der Waals surface area contributed by atoms with Gasteiger partial charge in [-0.2, -0.15) is 13.2 Å². The molecule has 1 heterocycles. The number of piperazine rings is 1. The van der Waals surface area contributed by atoms with Gasteiger partial charge in [0, 0.05) is 37.8 Å². The largest absolute Gasteiger partial charge is 0.506 e. The predicted octanol–water partition coefficient (Wildman–Crippen LogP) is 4.76. The third kappa shape index (κ3) is 5.39. The lowest BCUT2D eigenvalue weighted by Crippen LogP contribution is -2.45. The lowest BCUT2D eigenvalue weighted by molar-refractivity contribution is -0.139. The maximum atomic E-state index is 13.4. The first-order valence-corrected chi connectivity index (χ1v) is 8.19. The van der Waals surface area contributed by atoms with E-state index >= 15 is 0 Å². The van der Waals surface area contributed by atoms with Gasteiger partial charge in [-0.15, -0.1) is 24.8 Å². The molecule has 0 bridgehead atoms. The van der Waals surface area contributed by atoms with E-state index in [1.54, 1.807) is 0 Å². The zero-order chi connectivity index (χ0) is 16.3. The standard InChI is InChI=1S/C15H20BrF3N2O.2ClH/c1-2-3-12(21-8-6-20-7-9-21)13-10(15(17,18)19)4-5-11(16)14(13)22;;/h4-5,12,20,22H,2-3,6-9H2,1H3;2*1H/t12-;;/m0../s1. The van der Waals surface area contributed by atoms with E-state index in [1.165, 1.54) is 6.07 Å². The van der Waals surface area contributed by atoms with Gasteiger partial charge in [-0.1, -0.05) is 13.3 Å². The molecule has 9 heteroatoms. The molecule has 1 aliphatic heterocycles. The average Bonchev–Trinajstić information content (AvgIpc) is 2.47. The maximum absolute atomic E-state index is 13.4. The Bertz CT molecular complexity index is 526. The van der Waals surface area contributed by atoms with Crippen molar-refractivity contribution in [1.29, 1.82) is 0 Å². The fourth-order valence-electron chi connectivity index (χ4n) is 2.94. The smallest absolute Gasteiger partial charge is 0.416 e. The van der Waals surface area contributed by atoms with E-state index in [9.17, 15) is 18.3 Å². The lowest BCUT2D eigenvalue weighted by Gasteiger charge is -2.36. The van der Waals surface area contributed by atoms with Crippen LogP contribution >= 0.6 is 40.7 Å². The molecular weight excluding hydrogens is 432 g/mol. The van der Waals surface area contributed by atoms with Crippen molar-refractivity contribution >= 4 is 40.7 Å². The number of benzene rings is 1. The van der Waals surface area contributed by atoms with E-state index < -0.39 is 17.8 Å². The van der Waals surface area contributed by atoms with E-state index in [4.69, 9.17) is 0 Å². The van der Waals surface area contributed by atoms with Gasteiger partial charge in [-0.25, -0.2) is 0 Å². The van der Waals surface area contributed by atoms with Crippen molar-refractivity contribution < 1.29 is 18.3 Å². The fraction of sp³-hybridized carbons (Fsp3) is 0.600. The average molecular weight is 454 g/mol. The fourth-order valence-corrected chi connectivity index (χ4v) is 3.29. The highest BCUT2D eigenvalue weighted by molar-refractivity contribution is 9.10. The summed E-state index contributed by atoms with van der Waals surface area (Å²) in [7, 11) is 0. The number of alkyl halides is 3. The Morgan fingerprint density at radius 1 is 1.25 bits per heavy atom. The molecule has 0 radical (unpaired) electrons. The first-order chi connectivity index (χ1) is 10.4. The van der Waals surface area contributed by atoms with Crippen LogP contribution in [-0.2, 0) is 6.18 Å². The van der Waals surface area contributed by atoms with Crippen LogP contribution in [0.15, 0.2) is 16.6 Å². The summed E-state index contributed by atoms with van der Waals surface area (Å²) in [5.41, 5.74) is -0.754. The number of hydrogen-bond acceptors (Lipinski definition) is 3. The highest BCUT2D eigenvalue weighted by Gasteiger charge is 2.38. The van der Waals surface area contributed by atoms with E-state index in [1.807, 2.05) is 11.8 Å². The molecule has 0 spiro atoms. The van der Waals surface area contributed by atoms with Gasteiger partial charge >= 0.3 is 6.18 Å². The Labute approximate surface area is 160 Å². The van der Waals surface area contributed by atoms with E-state index in [0.717, 1.165) is 25.6 Å². The number of halogens is 6. The molecule has 0 amide bonds. The molecule has 2 N–H and O–H groups in total. The third-order valence-corrected chi connectivity index (χ3v) is 4.60. The Hall–Kier alpha value is -0.210. The quantitative estimate of drug-likeness (QED) is 0.689. The van der Waals surface area contributed by atoms with Crippen molar-refractivity contribution in [2.45, 2.75) is 32.0 Å². The van der Waals surface area contributed by atoms with Crippen LogP contribution in [0.5, 0.6) is 5.75 Å². The van der Waals surface area contributed by atoms with Crippen molar-refractivity contribution in [3.05, 3.63) is 27.7 Å².